The average Bonchev–Trinajstić information content (AvgIpc) is 2.81. The highest BCUT2D eigenvalue weighted by molar-refractivity contribution is 5.83. The van der Waals surface area contributed by atoms with Gasteiger partial charge in [0.15, 0.2) is 5.96 Å². The Morgan fingerprint density at radius 3 is 2.77 bits per heavy atom. The maximum absolute atomic E-state index is 10.6. The third-order valence-corrected chi connectivity index (χ3v) is 5.67. The molecule has 1 aliphatic heterocycles. The van der Waals surface area contributed by atoms with Gasteiger partial charge in [0.1, 0.15) is 0 Å². The van der Waals surface area contributed by atoms with E-state index in [1.54, 1.807) is 0 Å². The van der Waals surface area contributed by atoms with Crippen molar-refractivity contribution in [1.29, 1.82) is 0 Å². The van der Waals surface area contributed by atoms with Crippen LogP contribution in [0.15, 0.2) is 65.8 Å². The zero-order valence-corrected chi connectivity index (χ0v) is 18.1. The molecule has 31 heavy (non-hydrogen) atoms. The molecule has 3 aromatic rings. The van der Waals surface area contributed by atoms with Gasteiger partial charge in [-0.3, -0.25) is 9.88 Å². The van der Waals surface area contributed by atoms with Crippen LogP contribution in [-0.4, -0.2) is 53.2 Å². The number of benzene rings is 2. The van der Waals surface area contributed by atoms with Gasteiger partial charge in [-0.25, -0.2) is 4.99 Å². The molecule has 0 aliphatic carbocycles. The number of rotatable bonds is 7. The van der Waals surface area contributed by atoms with E-state index in [9.17, 15) is 5.11 Å². The second-order valence-corrected chi connectivity index (χ2v) is 7.97. The lowest BCUT2D eigenvalue weighted by Gasteiger charge is -2.30. The Bertz CT molecular complexity index is 1030. The Morgan fingerprint density at radius 1 is 1.10 bits per heavy atom. The molecule has 2 aromatic carbocycles. The summed E-state index contributed by atoms with van der Waals surface area (Å²) in [6.45, 7) is 6.35. The average molecular weight is 418 g/mol. The molecule has 162 valence electrons. The van der Waals surface area contributed by atoms with Crippen LogP contribution >= 0.6 is 0 Å². The Kier molecular flexibility index (Phi) is 7.12. The second-order valence-electron chi connectivity index (χ2n) is 7.97. The molecule has 0 fully saturated rings. The Balaban J connectivity index is 1.33. The van der Waals surface area contributed by atoms with E-state index in [1.165, 1.54) is 11.1 Å². The highest BCUT2D eigenvalue weighted by Crippen LogP contribution is 2.19. The van der Waals surface area contributed by atoms with E-state index in [0.717, 1.165) is 42.5 Å². The summed E-state index contributed by atoms with van der Waals surface area (Å²) in [6, 6.07) is 18.7. The molecule has 4 rings (SSSR count). The molecular weight excluding hydrogens is 386 g/mol. The number of fused-ring (bicyclic) bond motifs is 2. The summed E-state index contributed by atoms with van der Waals surface area (Å²) in [5, 5.41) is 18.3. The molecule has 3 N–H and O–H groups in total. The van der Waals surface area contributed by atoms with Crippen molar-refractivity contribution in [2.45, 2.75) is 32.5 Å². The summed E-state index contributed by atoms with van der Waals surface area (Å²) < 4.78 is 0. The van der Waals surface area contributed by atoms with Crippen LogP contribution in [0.25, 0.3) is 10.9 Å². The van der Waals surface area contributed by atoms with E-state index in [0.29, 0.717) is 25.6 Å². The maximum Gasteiger partial charge on any atom is 0.191 e. The number of pyridine rings is 1. The number of para-hydroxylation sites is 1. The number of aliphatic imine (C=N–C) groups is 1. The number of nitrogens with zero attached hydrogens (tertiary/aromatic N) is 3. The van der Waals surface area contributed by atoms with Crippen LogP contribution in [0.3, 0.4) is 0 Å². The highest BCUT2D eigenvalue weighted by Gasteiger charge is 2.18. The SMILES string of the molecule is CCNC(=NCc1ccnc2ccccc12)NCC(O)CN1CCc2ccccc2C1. The summed E-state index contributed by atoms with van der Waals surface area (Å²) >= 11 is 0. The van der Waals surface area contributed by atoms with Crippen molar-refractivity contribution in [3.05, 3.63) is 77.5 Å². The molecule has 0 amide bonds. The molecule has 1 aliphatic rings. The topological polar surface area (TPSA) is 72.8 Å². The van der Waals surface area contributed by atoms with Gasteiger partial charge in [-0.2, -0.15) is 0 Å². The van der Waals surface area contributed by atoms with Crippen LogP contribution in [0, 0.1) is 0 Å². The van der Waals surface area contributed by atoms with Crippen molar-refractivity contribution in [1.82, 2.24) is 20.5 Å². The van der Waals surface area contributed by atoms with Gasteiger partial charge in [0.05, 0.1) is 18.2 Å². The molecule has 6 nitrogen and oxygen atoms in total. The molecular formula is C25H31N5O. The first-order valence-electron chi connectivity index (χ1n) is 11.0. The first-order valence-corrected chi connectivity index (χ1v) is 11.0. The summed E-state index contributed by atoms with van der Waals surface area (Å²) in [6.07, 6.45) is 2.41. The molecule has 0 saturated heterocycles. The first kappa shape index (κ1) is 21.3. The van der Waals surface area contributed by atoms with Crippen LogP contribution in [-0.2, 0) is 19.5 Å². The van der Waals surface area contributed by atoms with E-state index in [1.807, 2.05) is 37.4 Å². The second kappa shape index (κ2) is 10.4. The van der Waals surface area contributed by atoms with Crippen molar-refractivity contribution in [2.24, 2.45) is 4.99 Å². The van der Waals surface area contributed by atoms with Crippen molar-refractivity contribution in [3.8, 4) is 0 Å². The normalized spacial score (nSPS) is 15.5. The third kappa shape index (κ3) is 5.60. The number of aliphatic hydroxyl groups is 1. The predicted octanol–water partition coefficient (Wildman–Crippen LogP) is 2.71. The van der Waals surface area contributed by atoms with Crippen LogP contribution in [0.5, 0.6) is 0 Å². The number of β-amino-alcohol motifs (C(OH)–C–C–N with tert-alkyl or cyclic N) is 1. The lowest BCUT2D eigenvalue weighted by Crippen LogP contribution is -2.45. The minimum atomic E-state index is -0.462. The Hall–Kier alpha value is -2.96. The molecule has 1 aromatic heterocycles. The number of hydrogen-bond acceptors (Lipinski definition) is 4. The smallest absolute Gasteiger partial charge is 0.191 e. The lowest BCUT2D eigenvalue weighted by atomic mass is 10.00. The Labute approximate surface area is 184 Å². The Morgan fingerprint density at radius 2 is 1.90 bits per heavy atom. The number of aliphatic hydroxyl groups excluding tert-OH is 1. The van der Waals surface area contributed by atoms with Gasteiger partial charge in [-0.1, -0.05) is 42.5 Å². The van der Waals surface area contributed by atoms with E-state index in [2.05, 4.69) is 50.8 Å². The molecule has 1 atom stereocenters. The molecule has 1 unspecified atom stereocenters. The molecule has 0 radical (unpaired) electrons. The van der Waals surface area contributed by atoms with Crippen molar-refractivity contribution >= 4 is 16.9 Å². The fourth-order valence-electron chi connectivity index (χ4n) is 4.09. The maximum atomic E-state index is 10.6. The van der Waals surface area contributed by atoms with E-state index >= 15 is 0 Å². The summed E-state index contributed by atoms with van der Waals surface area (Å²) in [5.41, 5.74) is 4.91. The molecule has 0 spiro atoms. The predicted molar refractivity (Wildman–Crippen MR) is 126 cm³/mol. The molecule has 0 bridgehead atoms. The number of nitrogens with one attached hydrogen (secondary N) is 2. The quantitative estimate of drug-likeness (QED) is 0.407. The molecule has 0 saturated carbocycles. The number of aromatic nitrogens is 1. The summed E-state index contributed by atoms with van der Waals surface area (Å²) in [5.74, 6) is 0.714. The molecule has 2 heterocycles. The minimum absolute atomic E-state index is 0.459. The summed E-state index contributed by atoms with van der Waals surface area (Å²) in [4.78, 5) is 11.5. The zero-order valence-electron chi connectivity index (χ0n) is 18.1. The monoisotopic (exact) mass is 417 g/mol. The summed E-state index contributed by atoms with van der Waals surface area (Å²) in [7, 11) is 0. The third-order valence-electron chi connectivity index (χ3n) is 5.67. The number of hydrogen-bond donors (Lipinski definition) is 3. The van der Waals surface area contributed by atoms with E-state index in [-0.39, 0.29) is 0 Å². The van der Waals surface area contributed by atoms with Gasteiger partial charge in [0.2, 0.25) is 0 Å². The van der Waals surface area contributed by atoms with E-state index < -0.39 is 6.10 Å². The fraction of sp³-hybridized carbons (Fsp3) is 0.360. The van der Waals surface area contributed by atoms with Crippen molar-refractivity contribution in [3.63, 3.8) is 0 Å². The standard InChI is InChI=1S/C25H31N5O/c1-2-26-25(28-15-20-11-13-27-24-10-6-5-9-23(20)24)29-16-22(31)18-30-14-12-19-7-3-4-8-21(19)17-30/h3-11,13,22,31H,2,12,14-18H2,1H3,(H2,26,28,29). The van der Waals surface area contributed by atoms with Crippen molar-refractivity contribution < 1.29 is 5.11 Å². The van der Waals surface area contributed by atoms with Gasteiger partial charge in [-0.05, 0) is 42.2 Å². The van der Waals surface area contributed by atoms with Crippen LogP contribution < -0.4 is 10.6 Å². The van der Waals surface area contributed by atoms with Crippen LogP contribution in [0.4, 0.5) is 0 Å². The zero-order chi connectivity index (χ0) is 21.5. The minimum Gasteiger partial charge on any atom is -0.390 e. The highest BCUT2D eigenvalue weighted by atomic mass is 16.3. The van der Waals surface area contributed by atoms with Gasteiger partial charge in [0, 0.05) is 44.3 Å². The van der Waals surface area contributed by atoms with E-state index in [4.69, 9.17) is 4.99 Å². The lowest BCUT2D eigenvalue weighted by molar-refractivity contribution is 0.108. The van der Waals surface area contributed by atoms with Gasteiger partial charge < -0.3 is 15.7 Å². The largest absolute Gasteiger partial charge is 0.390 e. The number of guanidine groups is 1. The van der Waals surface area contributed by atoms with Gasteiger partial charge in [-0.15, -0.1) is 0 Å². The first-order chi connectivity index (χ1) is 15.2. The van der Waals surface area contributed by atoms with Gasteiger partial charge in [0.25, 0.3) is 0 Å². The van der Waals surface area contributed by atoms with Crippen molar-refractivity contribution in [2.75, 3.05) is 26.2 Å². The fourth-order valence-corrected chi connectivity index (χ4v) is 4.09. The van der Waals surface area contributed by atoms with Crippen LogP contribution in [0.1, 0.15) is 23.6 Å². The van der Waals surface area contributed by atoms with Crippen LogP contribution in [0.2, 0.25) is 0 Å². The molecule has 6 heteroatoms. The van der Waals surface area contributed by atoms with Gasteiger partial charge >= 0.3 is 0 Å².